The quantitative estimate of drug-likeness (QED) is 0.891. The Bertz CT molecular complexity index is 543. The van der Waals surface area contributed by atoms with Gasteiger partial charge in [-0.1, -0.05) is 29.8 Å². The first-order chi connectivity index (χ1) is 8.59. The Balaban J connectivity index is 1.97. The third kappa shape index (κ3) is 2.77. The summed E-state index contributed by atoms with van der Waals surface area (Å²) in [6, 6.07) is 10.2. The number of halogens is 1. The van der Waals surface area contributed by atoms with E-state index in [0.29, 0.717) is 0 Å². The van der Waals surface area contributed by atoms with Gasteiger partial charge >= 0.3 is 0 Å². The molecule has 0 fully saturated rings. The molecule has 0 spiro atoms. The van der Waals surface area contributed by atoms with Gasteiger partial charge in [0.1, 0.15) is 0 Å². The monoisotopic (exact) mass is 262 g/mol. The maximum atomic E-state index is 6.12. The molecule has 2 nitrogen and oxygen atoms in total. The van der Waals surface area contributed by atoms with Crippen molar-refractivity contribution >= 4 is 11.6 Å². The van der Waals surface area contributed by atoms with Crippen LogP contribution in [-0.2, 0) is 20.1 Å². The summed E-state index contributed by atoms with van der Waals surface area (Å²) < 4.78 is 2.21. The van der Waals surface area contributed by atoms with Crippen LogP contribution in [-0.4, -0.2) is 4.57 Å². The first-order valence-electron chi connectivity index (χ1n) is 6.15. The fourth-order valence-corrected chi connectivity index (χ4v) is 2.29. The van der Waals surface area contributed by atoms with Crippen molar-refractivity contribution in [2.24, 2.45) is 7.05 Å². The molecule has 0 bridgehead atoms. The van der Waals surface area contributed by atoms with Crippen LogP contribution in [0.2, 0.25) is 5.02 Å². The molecule has 0 unspecified atom stereocenters. The number of nitrogens with one attached hydrogen (secondary N) is 1. The SMILES string of the molecule is Cc1cc(CNCc2ccccc2Cl)c(C)n1C. The molecule has 2 aromatic rings. The van der Waals surface area contributed by atoms with E-state index < -0.39 is 0 Å². The van der Waals surface area contributed by atoms with Gasteiger partial charge in [0.05, 0.1) is 0 Å². The first-order valence-corrected chi connectivity index (χ1v) is 6.53. The molecule has 0 saturated carbocycles. The summed E-state index contributed by atoms with van der Waals surface area (Å²) in [5.74, 6) is 0. The van der Waals surface area contributed by atoms with Crippen molar-refractivity contribution in [2.45, 2.75) is 26.9 Å². The summed E-state index contributed by atoms with van der Waals surface area (Å²) >= 11 is 6.12. The number of aryl methyl sites for hydroxylation is 1. The molecular weight excluding hydrogens is 244 g/mol. The molecule has 1 aromatic carbocycles. The number of rotatable bonds is 4. The minimum absolute atomic E-state index is 0.799. The minimum Gasteiger partial charge on any atom is -0.352 e. The van der Waals surface area contributed by atoms with Crippen LogP contribution in [0.25, 0.3) is 0 Å². The second-order valence-corrected chi connectivity index (χ2v) is 5.06. The van der Waals surface area contributed by atoms with Gasteiger partial charge in [0.15, 0.2) is 0 Å². The zero-order valence-corrected chi connectivity index (χ0v) is 11.9. The fourth-order valence-electron chi connectivity index (χ4n) is 2.09. The Morgan fingerprint density at radius 2 is 1.78 bits per heavy atom. The molecule has 0 saturated heterocycles. The predicted octanol–water partition coefficient (Wildman–Crippen LogP) is 3.59. The van der Waals surface area contributed by atoms with Crippen molar-refractivity contribution in [3.8, 4) is 0 Å². The highest BCUT2D eigenvalue weighted by Crippen LogP contribution is 2.16. The van der Waals surface area contributed by atoms with Crippen molar-refractivity contribution < 1.29 is 0 Å². The van der Waals surface area contributed by atoms with Crippen molar-refractivity contribution in [1.29, 1.82) is 0 Å². The molecule has 3 heteroatoms. The Kier molecular flexibility index (Phi) is 4.10. The average Bonchev–Trinajstić information content (AvgIpc) is 2.60. The lowest BCUT2D eigenvalue weighted by Crippen LogP contribution is -2.13. The van der Waals surface area contributed by atoms with E-state index in [1.165, 1.54) is 17.0 Å². The van der Waals surface area contributed by atoms with E-state index in [9.17, 15) is 0 Å². The van der Waals surface area contributed by atoms with Gasteiger partial charge in [0.25, 0.3) is 0 Å². The van der Waals surface area contributed by atoms with Gasteiger partial charge in [-0.25, -0.2) is 0 Å². The van der Waals surface area contributed by atoms with Crippen LogP contribution in [0.3, 0.4) is 0 Å². The third-order valence-corrected chi connectivity index (χ3v) is 3.84. The predicted molar refractivity (Wildman–Crippen MR) is 76.9 cm³/mol. The molecule has 96 valence electrons. The molecule has 0 aliphatic rings. The lowest BCUT2D eigenvalue weighted by atomic mass is 10.2. The van der Waals surface area contributed by atoms with Crippen molar-refractivity contribution in [3.05, 3.63) is 57.9 Å². The zero-order valence-electron chi connectivity index (χ0n) is 11.1. The second-order valence-electron chi connectivity index (χ2n) is 4.65. The van der Waals surface area contributed by atoms with Gasteiger partial charge in [-0.3, -0.25) is 0 Å². The largest absolute Gasteiger partial charge is 0.352 e. The molecule has 0 atom stereocenters. The molecule has 0 aliphatic carbocycles. The van der Waals surface area contributed by atoms with E-state index in [4.69, 9.17) is 11.6 Å². The summed E-state index contributed by atoms with van der Waals surface area (Å²) in [6.07, 6.45) is 0. The molecule has 18 heavy (non-hydrogen) atoms. The molecular formula is C15H19ClN2. The molecule has 1 N–H and O–H groups in total. The van der Waals surface area contributed by atoms with E-state index in [-0.39, 0.29) is 0 Å². The van der Waals surface area contributed by atoms with Gasteiger partial charge in [-0.15, -0.1) is 0 Å². The Morgan fingerprint density at radius 3 is 2.39 bits per heavy atom. The molecule has 1 heterocycles. The van der Waals surface area contributed by atoms with Gasteiger partial charge < -0.3 is 9.88 Å². The highest BCUT2D eigenvalue weighted by molar-refractivity contribution is 6.31. The van der Waals surface area contributed by atoms with Crippen molar-refractivity contribution in [1.82, 2.24) is 9.88 Å². The number of nitrogens with zero attached hydrogens (tertiary/aromatic N) is 1. The third-order valence-electron chi connectivity index (χ3n) is 3.47. The molecule has 0 radical (unpaired) electrons. The van der Waals surface area contributed by atoms with Crippen LogP contribution in [0.1, 0.15) is 22.5 Å². The summed E-state index contributed by atoms with van der Waals surface area (Å²) in [6.45, 7) is 5.95. The normalized spacial score (nSPS) is 10.9. The van der Waals surface area contributed by atoms with Crippen LogP contribution < -0.4 is 5.32 Å². The van der Waals surface area contributed by atoms with Crippen molar-refractivity contribution in [3.63, 3.8) is 0 Å². The highest BCUT2D eigenvalue weighted by atomic mass is 35.5. The maximum absolute atomic E-state index is 6.12. The van der Waals surface area contributed by atoms with Gasteiger partial charge in [-0.2, -0.15) is 0 Å². The van der Waals surface area contributed by atoms with E-state index >= 15 is 0 Å². The second kappa shape index (κ2) is 5.59. The summed E-state index contributed by atoms with van der Waals surface area (Å²) in [5.41, 5.74) is 5.10. The summed E-state index contributed by atoms with van der Waals surface area (Å²) in [7, 11) is 2.10. The lowest BCUT2D eigenvalue weighted by Gasteiger charge is -2.07. The minimum atomic E-state index is 0.799. The van der Waals surface area contributed by atoms with E-state index in [1.54, 1.807) is 0 Å². The van der Waals surface area contributed by atoms with Gasteiger partial charge in [0, 0.05) is 36.5 Å². The van der Waals surface area contributed by atoms with Gasteiger partial charge in [-0.05, 0) is 37.1 Å². The topological polar surface area (TPSA) is 17.0 Å². The van der Waals surface area contributed by atoms with Crippen LogP contribution in [0.5, 0.6) is 0 Å². The Labute approximate surface area is 114 Å². The molecule has 0 amide bonds. The summed E-state index contributed by atoms with van der Waals surface area (Å²) in [4.78, 5) is 0. The average molecular weight is 263 g/mol. The standard InChI is InChI=1S/C15H19ClN2/c1-11-8-14(12(2)18(11)3)10-17-9-13-6-4-5-7-15(13)16/h4-8,17H,9-10H2,1-3H3. The maximum Gasteiger partial charge on any atom is 0.0450 e. The Morgan fingerprint density at radius 1 is 1.11 bits per heavy atom. The van der Waals surface area contributed by atoms with Gasteiger partial charge in [0.2, 0.25) is 0 Å². The zero-order chi connectivity index (χ0) is 13.1. The van der Waals surface area contributed by atoms with Crippen molar-refractivity contribution in [2.75, 3.05) is 0 Å². The van der Waals surface area contributed by atoms with Crippen LogP contribution in [0.15, 0.2) is 30.3 Å². The van der Waals surface area contributed by atoms with Crippen LogP contribution in [0, 0.1) is 13.8 Å². The summed E-state index contributed by atoms with van der Waals surface area (Å²) in [5, 5.41) is 4.27. The van der Waals surface area contributed by atoms with E-state index in [0.717, 1.165) is 23.7 Å². The molecule has 2 rings (SSSR count). The number of benzene rings is 1. The van der Waals surface area contributed by atoms with E-state index in [2.05, 4.69) is 42.9 Å². The molecule has 0 aliphatic heterocycles. The fraction of sp³-hybridized carbons (Fsp3) is 0.333. The van der Waals surface area contributed by atoms with Crippen LogP contribution >= 0.6 is 11.6 Å². The number of hydrogen-bond acceptors (Lipinski definition) is 1. The lowest BCUT2D eigenvalue weighted by molar-refractivity contribution is 0.687. The van der Waals surface area contributed by atoms with E-state index in [1.807, 2.05) is 18.2 Å². The number of aromatic nitrogens is 1. The Hall–Kier alpha value is -1.25. The van der Waals surface area contributed by atoms with Crippen LogP contribution in [0.4, 0.5) is 0 Å². The highest BCUT2D eigenvalue weighted by Gasteiger charge is 2.05. The molecule has 1 aromatic heterocycles. The number of hydrogen-bond donors (Lipinski definition) is 1. The smallest absolute Gasteiger partial charge is 0.0450 e. The first kappa shape index (κ1) is 13.2.